The van der Waals surface area contributed by atoms with Crippen LogP contribution in [0.2, 0.25) is 5.02 Å². The number of hydrogen-bond acceptors (Lipinski definition) is 3. The Morgan fingerprint density at radius 3 is 2.91 bits per heavy atom. The number of likely N-dealkylation sites (tertiary alicyclic amines) is 1. The maximum Gasteiger partial charge on any atom is 0.255 e. The Morgan fingerprint density at radius 2 is 2.22 bits per heavy atom. The molecule has 1 fully saturated rings. The van der Waals surface area contributed by atoms with Gasteiger partial charge in [-0.25, -0.2) is 0 Å². The van der Waals surface area contributed by atoms with Crippen molar-refractivity contribution in [2.45, 2.75) is 39.2 Å². The minimum atomic E-state index is -0.184. The molecule has 2 amide bonds. The molecule has 5 nitrogen and oxygen atoms in total. The van der Waals surface area contributed by atoms with Gasteiger partial charge in [-0.15, -0.1) is 0 Å². The molecule has 1 heterocycles. The number of benzene rings is 1. The summed E-state index contributed by atoms with van der Waals surface area (Å²) >= 11 is 6.18. The van der Waals surface area contributed by atoms with Gasteiger partial charge >= 0.3 is 0 Å². The van der Waals surface area contributed by atoms with E-state index in [2.05, 4.69) is 12.2 Å². The van der Waals surface area contributed by atoms with Crippen LogP contribution in [0.15, 0.2) is 18.2 Å². The van der Waals surface area contributed by atoms with Gasteiger partial charge in [-0.05, 0) is 37.5 Å². The van der Waals surface area contributed by atoms with E-state index in [1.807, 2.05) is 0 Å². The predicted molar refractivity (Wildman–Crippen MR) is 90.9 cm³/mol. The molecule has 6 heteroatoms. The fourth-order valence-corrected chi connectivity index (χ4v) is 2.88. The van der Waals surface area contributed by atoms with Crippen LogP contribution in [0.4, 0.5) is 5.69 Å². The number of carbonyl (C=O) groups excluding carboxylic acids is 2. The average molecular weight is 339 g/mol. The number of anilines is 1. The van der Waals surface area contributed by atoms with Crippen molar-refractivity contribution in [2.75, 3.05) is 25.0 Å². The Labute approximate surface area is 141 Å². The maximum atomic E-state index is 12.8. The molecular weight excluding hydrogens is 316 g/mol. The van der Waals surface area contributed by atoms with Crippen LogP contribution in [0, 0.1) is 0 Å². The van der Waals surface area contributed by atoms with E-state index in [9.17, 15) is 9.59 Å². The molecule has 2 rings (SSSR count). The molecule has 1 aliphatic heterocycles. The number of amides is 2. The van der Waals surface area contributed by atoms with E-state index in [0.717, 1.165) is 19.3 Å². The summed E-state index contributed by atoms with van der Waals surface area (Å²) in [5.74, 6) is -0.302. The van der Waals surface area contributed by atoms with Crippen molar-refractivity contribution in [1.29, 1.82) is 0 Å². The molecule has 0 aliphatic carbocycles. The molecular formula is C17H23ClN2O3. The smallest absolute Gasteiger partial charge is 0.255 e. The highest BCUT2D eigenvalue weighted by molar-refractivity contribution is 6.34. The van der Waals surface area contributed by atoms with Crippen LogP contribution in [0.5, 0.6) is 0 Å². The fraction of sp³-hybridized carbons (Fsp3) is 0.529. The lowest BCUT2D eigenvalue weighted by molar-refractivity contribution is -0.114. The number of nitrogens with zero attached hydrogens (tertiary/aromatic N) is 1. The quantitative estimate of drug-likeness (QED) is 0.895. The minimum absolute atomic E-state index is 0.0879. The third-order valence-electron chi connectivity index (χ3n) is 3.74. The lowest BCUT2D eigenvalue weighted by Crippen LogP contribution is -2.43. The van der Waals surface area contributed by atoms with Crippen LogP contribution in [0.3, 0.4) is 0 Å². The van der Waals surface area contributed by atoms with E-state index >= 15 is 0 Å². The first-order valence-electron chi connectivity index (χ1n) is 7.99. The van der Waals surface area contributed by atoms with Crippen LogP contribution < -0.4 is 5.32 Å². The van der Waals surface area contributed by atoms with Crippen LogP contribution in [0.1, 0.15) is 43.5 Å². The van der Waals surface area contributed by atoms with Gasteiger partial charge in [0.1, 0.15) is 0 Å². The van der Waals surface area contributed by atoms with Gasteiger partial charge < -0.3 is 15.0 Å². The Morgan fingerprint density at radius 1 is 1.43 bits per heavy atom. The minimum Gasteiger partial charge on any atom is -0.376 e. The summed E-state index contributed by atoms with van der Waals surface area (Å²) in [6.07, 6.45) is 2.95. The van der Waals surface area contributed by atoms with Gasteiger partial charge in [0.25, 0.3) is 5.91 Å². The Bertz CT molecular complexity index is 577. The number of ether oxygens (including phenoxy) is 1. The zero-order chi connectivity index (χ0) is 16.8. The van der Waals surface area contributed by atoms with E-state index in [1.54, 1.807) is 23.1 Å². The highest BCUT2D eigenvalue weighted by Gasteiger charge is 2.26. The predicted octanol–water partition coefficient (Wildman–Crippen LogP) is 3.33. The molecule has 1 atom stereocenters. The van der Waals surface area contributed by atoms with Gasteiger partial charge in [0.15, 0.2) is 0 Å². The lowest BCUT2D eigenvalue weighted by atomic mass is 10.1. The second-order valence-electron chi connectivity index (χ2n) is 5.76. The van der Waals surface area contributed by atoms with Gasteiger partial charge in [-0.1, -0.05) is 18.5 Å². The molecule has 1 saturated heterocycles. The number of rotatable bonds is 5. The number of halogens is 1. The first-order chi connectivity index (χ1) is 11.0. The SMILES string of the molecule is CCCO[C@@H]1CCCN(C(=O)c2cc(NC(C)=O)ccc2Cl)C1. The molecule has 23 heavy (non-hydrogen) atoms. The molecule has 1 aromatic rings. The number of hydrogen-bond donors (Lipinski definition) is 1. The first-order valence-corrected chi connectivity index (χ1v) is 8.37. The van der Waals surface area contributed by atoms with Gasteiger partial charge in [0.05, 0.1) is 16.7 Å². The molecule has 126 valence electrons. The van der Waals surface area contributed by atoms with Gasteiger partial charge in [-0.2, -0.15) is 0 Å². The zero-order valence-corrected chi connectivity index (χ0v) is 14.4. The second kappa shape index (κ2) is 8.31. The highest BCUT2D eigenvalue weighted by atomic mass is 35.5. The molecule has 0 bridgehead atoms. The van der Waals surface area contributed by atoms with E-state index in [1.165, 1.54) is 6.92 Å². The van der Waals surface area contributed by atoms with Gasteiger partial charge in [0.2, 0.25) is 5.91 Å². The van der Waals surface area contributed by atoms with E-state index < -0.39 is 0 Å². The van der Waals surface area contributed by atoms with Gasteiger partial charge in [0, 0.05) is 32.3 Å². The molecule has 0 aromatic heterocycles. The van der Waals surface area contributed by atoms with Crippen LogP contribution in [-0.2, 0) is 9.53 Å². The molecule has 0 radical (unpaired) electrons. The summed E-state index contributed by atoms with van der Waals surface area (Å²) in [7, 11) is 0. The molecule has 0 unspecified atom stereocenters. The van der Waals surface area contributed by atoms with Gasteiger partial charge in [-0.3, -0.25) is 9.59 Å². The second-order valence-corrected chi connectivity index (χ2v) is 6.17. The molecule has 1 N–H and O–H groups in total. The fourth-order valence-electron chi connectivity index (χ4n) is 2.68. The van der Waals surface area contributed by atoms with Crippen LogP contribution >= 0.6 is 11.6 Å². The summed E-state index contributed by atoms with van der Waals surface area (Å²) in [6, 6.07) is 4.95. The largest absolute Gasteiger partial charge is 0.376 e. The average Bonchev–Trinajstić information content (AvgIpc) is 2.54. The third kappa shape index (κ3) is 4.94. The topological polar surface area (TPSA) is 58.6 Å². The van der Waals surface area contributed by atoms with E-state index in [-0.39, 0.29) is 17.9 Å². The summed E-state index contributed by atoms with van der Waals surface area (Å²) in [6.45, 7) is 5.49. The van der Waals surface area contributed by atoms with Crippen molar-refractivity contribution in [3.05, 3.63) is 28.8 Å². The van der Waals surface area contributed by atoms with Crippen molar-refractivity contribution < 1.29 is 14.3 Å². The lowest BCUT2D eigenvalue weighted by Gasteiger charge is -2.33. The van der Waals surface area contributed by atoms with Crippen molar-refractivity contribution in [3.63, 3.8) is 0 Å². The monoisotopic (exact) mass is 338 g/mol. The van der Waals surface area contributed by atoms with E-state index in [0.29, 0.717) is 36.0 Å². The molecule has 1 aromatic carbocycles. The summed E-state index contributed by atoms with van der Waals surface area (Å²) in [5, 5.41) is 3.06. The van der Waals surface area contributed by atoms with Crippen LogP contribution in [-0.4, -0.2) is 42.5 Å². The zero-order valence-electron chi connectivity index (χ0n) is 13.6. The summed E-state index contributed by atoms with van der Waals surface area (Å²) < 4.78 is 5.77. The van der Waals surface area contributed by atoms with Crippen molar-refractivity contribution >= 4 is 29.1 Å². The third-order valence-corrected chi connectivity index (χ3v) is 4.07. The van der Waals surface area contributed by atoms with Crippen molar-refractivity contribution in [1.82, 2.24) is 4.90 Å². The highest BCUT2D eigenvalue weighted by Crippen LogP contribution is 2.24. The Balaban J connectivity index is 2.11. The standard InChI is InChI=1S/C17H23ClN2O3/c1-3-9-23-14-5-4-8-20(11-14)17(22)15-10-13(19-12(2)21)6-7-16(15)18/h6-7,10,14H,3-5,8-9,11H2,1-2H3,(H,19,21)/t14-/m1/s1. The molecule has 0 saturated carbocycles. The maximum absolute atomic E-state index is 12.8. The normalized spacial score (nSPS) is 17.9. The van der Waals surface area contributed by atoms with Crippen molar-refractivity contribution in [3.8, 4) is 0 Å². The summed E-state index contributed by atoms with van der Waals surface area (Å²) in [5.41, 5.74) is 0.982. The number of nitrogens with one attached hydrogen (secondary N) is 1. The molecule has 1 aliphatic rings. The van der Waals surface area contributed by atoms with Crippen LogP contribution in [0.25, 0.3) is 0 Å². The summed E-state index contributed by atoms with van der Waals surface area (Å²) in [4.78, 5) is 25.7. The molecule has 0 spiro atoms. The Kier molecular flexibility index (Phi) is 6.42. The first kappa shape index (κ1) is 17.8. The number of piperidine rings is 1. The van der Waals surface area contributed by atoms with E-state index in [4.69, 9.17) is 16.3 Å². The Hall–Kier alpha value is -1.59. The van der Waals surface area contributed by atoms with Crippen molar-refractivity contribution in [2.24, 2.45) is 0 Å². The number of carbonyl (C=O) groups is 2.